The Morgan fingerprint density at radius 2 is 1.58 bits per heavy atom. The summed E-state index contributed by atoms with van der Waals surface area (Å²) in [5.41, 5.74) is -1.94. The Bertz CT molecular complexity index is 1860. The molecule has 0 saturated carbocycles. The molecule has 3 rings (SSSR count). The first-order valence-corrected chi connectivity index (χ1v) is 14.3. The molecule has 0 fully saturated rings. The number of benzene rings is 3. The van der Waals surface area contributed by atoms with Crippen molar-refractivity contribution in [3.05, 3.63) is 96.1 Å². The Kier molecular flexibility index (Phi) is 7.53. The van der Waals surface area contributed by atoms with Crippen molar-refractivity contribution < 1.29 is 50.7 Å². The zero-order chi connectivity index (χ0) is 41.3. The molecule has 43 heavy (non-hydrogen) atoms. The van der Waals surface area contributed by atoms with Crippen molar-refractivity contribution in [1.29, 1.82) is 1.43 Å². The first kappa shape index (κ1) is 21.2. The fourth-order valence-electron chi connectivity index (χ4n) is 3.65. The minimum absolute atomic E-state index is 0.0527. The highest BCUT2D eigenvalue weighted by atomic mass is 32.2. The van der Waals surface area contributed by atoms with E-state index in [2.05, 4.69) is 5.11 Å². The lowest BCUT2D eigenvalue weighted by Crippen LogP contribution is -2.58. The zero-order valence-electron chi connectivity index (χ0n) is 34.6. The Hall–Kier alpha value is -3.54. The lowest BCUT2D eigenvalue weighted by atomic mass is 9.94. The predicted octanol–water partition coefficient (Wildman–Crippen LogP) is 5.56. The van der Waals surface area contributed by atoms with E-state index in [1.807, 2.05) is 0 Å². The monoisotopic (exact) mass is 629 g/mol. The van der Waals surface area contributed by atoms with Crippen LogP contribution in [0.2, 0.25) is 0 Å². The van der Waals surface area contributed by atoms with Crippen LogP contribution in [0.25, 0.3) is 0 Å². The van der Waals surface area contributed by atoms with Gasteiger partial charge >= 0.3 is 6.09 Å². The number of rotatable bonds is 16. The van der Waals surface area contributed by atoms with Crippen LogP contribution < -0.4 is 4.74 Å². The number of aliphatic hydroxyl groups is 1. The van der Waals surface area contributed by atoms with Crippen molar-refractivity contribution in [3.8, 4) is 5.75 Å². The van der Waals surface area contributed by atoms with E-state index < -0.39 is 87.1 Å². The van der Waals surface area contributed by atoms with Gasteiger partial charge in [0.25, 0.3) is 0 Å². The smallest absolute Gasteiger partial charge is 0.408 e. The van der Waals surface area contributed by atoms with Gasteiger partial charge < -0.3 is 15.0 Å². The number of amides is 1. The quantitative estimate of drug-likeness (QED) is 0.215. The SMILES string of the molecule is [2H]O[C@]([2H])(C([2H])([2H])N(C([2H])([2H])C([2H])(CF)C([2H])F)S(=O)(=O)c1ccccc1)[C@@]([2H])(N(C(=O)O)C(C)(C)C)C([2H])([2H])c1ccc(OCc2ccccc2)cc1. The molecule has 2 N–H and O–H groups in total. The first-order chi connectivity index (χ1) is 24.7. The molecule has 3 aromatic rings. The number of ether oxygens (including phenoxy) is 1. The Morgan fingerprint density at radius 3 is 2.09 bits per heavy atom. The molecule has 0 aliphatic heterocycles. The van der Waals surface area contributed by atoms with Gasteiger partial charge in [-0.1, -0.05) is 60.7 Å². The molecule has 0 spiro atoms. The number of sulfonamides is 1. The van der Waals surface area contributed by atoms with Crippen LogP contribution in [-0.2, 0) is 23.0 Å². The summed E-state index contributed by atoms with van der Waals surface area (Å²) in [7, 11) is -5.95. The highest BCUT2D eigenvalue weighted by Gasteiger charge is 2.40. The van der Waals surface area contributed by atoms with E-state index in [4.69, 9.17) is 14.4 Å². The van der Waals surface area contributed by atoms with Crippen molar-refractivity contribution in [2.45, 2.75) is 56.3 Å². The van der Waals surface area contributed by atoms with Crippen LogP contribution in [0.1, 0.15) is 45.6 Å². The number of alkyl halides is 2. The molecule has 0 aliphatic carbocycles. The Balaban J connectivity index is 2.45. The summed E-state index contributed by atoms with van der Waals surface area (Å²) in [5, 5.41) is 15.0. The predicted molar refractivity (Wildman–Crippen MR) is 161 cm³/mol. The highest BCUT2D eigenvalue weighted by molar-refractivity contribution is 7.89. The van der Waals surface area contributed by atoms with Gasteiger partial charge in [-0.3, -0.25) is 13.7 Å². The molecule has 1 amide bonds. The molecule has 0 aromatic heterocycles. The molecule has 3 aromatic carbocycles. The summed E-state index contributed by atoms with van der Waals surface area (Å²) in [5.74, 6) is -4.01. The van der Waals surface area contributed by atoms with Gasteiger partial charge in [0, 0.05) is 34.0 Å². The summed E-state index contributed by atoms with van der Waals surface area (Å²) < 4.78 is 159. The molecule has 11 heteroatoms. The minimum atomic E-state index is -5.95. The minimum Gasteiger partial charge on any atom is -0.489 e. The van der Waals surface area contributed by atoms with Crippen molar-refractivity contribution >= 4 is 16.1 Å². The van der Waals surface area contributed by atoms with E-state index >= 15 is 0 Å². The fraction of sp³-hybridized carbons (Fsp3) is 0.406. The average molecular weight is 630 g/mol. The molecule has 0 saturated heterocycles. The van der Waals surface area contributed by atoms with E-state index in [9.17, 15) is 32.6 Å². The van der Waals surface area contributed by atoms with Crippen LogP contribution in [0, 0.1) is 5.89 Å². The van der Waals surface area contributed by atoms with Crippen molar-refractivity contribution in [3.63, 3.8) is 0 Å². The number of carbonyl (C=O) groups is 1. The highest BCUT2D eigenvalue weighted by Crippen LogP contribution is 2.26. The summed E-state index contributed by atoms with van der Waals surface area (Å²) in [6.45, 7) is -12.1. The molecule has 234 valence electrons. The van der Waals surface area contributed by atoms with Gasteiger partial charge in [-0.15, -0.1) is 0 Å². The second-order valence-electron chi connectivity index (χ2n) is 9.96. The zero-order valence-corrected chi connectivity index (χ0v) is 24.4. The maximum Gasteiger partial charge on any atom is 0.408 e. The van der Waals surface area contributed by atoms with Crippen LogP contribution >= 0.6 is 0 Å². The molecule has 8 nitrogen and oxygen atoms in total. The maximum absolute atomic E-state index is 14.7. The molecule has 4 atom stereocenters. The third kappa shape index (κ3) is 9.47. The van der Waals surface area contributed by atoms with Gasteiger partial charge in [0.1, 0.15) is 12.4 Å². The van der Waals surface area contributed by atoms with Gasteiger partial charge in [-0.25, -0.2) is 13.2 Å². The van der Waals surface area contributed by atoms with E-state index in [1.165, 1.54) is 18.2 Å². The van der Waals surface area contributed by atoms with Gasteiger partial charge in [-0.05, 0) is 62.5 Å². The number of hydrogen-bond donors (Lipinski definition) is 2. The van der Waals surface area contributed by atoms with Crippen LogP contribution in [0.3, 0.4) is 0 Å². The van der Waals surface area contributed by atoms with Crippen molar-refractivity contribution in [2.75, 3.05) is 26.3 Å². The molecule has 0 bridgehead atoms. The summed E-state index contributed by atoms with van der Waals surface area (Å²) in [6.07, 6.45) is -10.5. The normalized spacial score (nSPS) is 21.9. The number of carboxylic acid groups (broad SMARTS) is 1. The average Bonchev–Trinajstić information content (AvgIpc) is 3.09. The van der Waals surface area contributed by atoms with E-state index in [-0.39, 0.29) is 17.3 Å². The van der Waals surface area contributed by atoms with E-state index in [0.717, 1.165) is 62.7 Å². The van der Waals surface area contributed by atoms with Crippen LogP contribution in [0.4, 0.5) is 13.6 Å². The van der Waals surface area contributed by atoms with Crippen molar-refractivity contribution in [1.82, 2.24) is 9.21 Å². The molecule has 2 unspecified atom stereocenters. The second kappa shape index (κ2) is 15.3. The third-order valence-corrected chi connectivity index (χ3v) is 7.20. The summed E-state index contributed by atoms with van der Waals surface area (Å²) in [4.78, 5) is 11.9. The summed E-state index contributed by atoms with van der Waals surface area (Å²) >= 11 is 0. The maximum atomic E-state index is 14.7. The molecule has 0 aliphatic rings. The fourth-order valence-corrected chi connectivity index (χ4v) is 4.80. The Morgan fingerprint density at radius 1 is 0.977 bits per heavy atom. The van der Waals surface area contributed by atoms with Crippen molar-refractivity contribution in [2.24, 2.45) is 5.89 Å². The number of hydrogen-bond acceptors (Lipinski definition) is 5. The summed E-state index contributed by atoms with van der Waals surface area (Å²) in [6, 6.07) is 13.9. The Labute approximate surface area is 268 Å². The first-order valence-electron chi connectivity index (χ1n) is 18.3. The van der Waals surface area contributed by atoms with Gasteiger partial charge in [0.2, 0.25) is 11.5 Å². The van der Waals surface area contributed by atoms with E-state index in [1.54, 1.807) is 30.3 Å². The number of nitrogens with zero attached hydrogens (tertiary/aromatic N) is 2. The molecule has 0 heterocycles. The molecular formula is C32H40F2N2O6S. The standard InChI is InChI=1S/C32H40F2N2O6S/c1-32(2,3)36(31(38)39)29(18-24-14-16-27(17-15-24)42-23-25-10-6-4-7-11-25)30(37)22-35(21-26(19-33)20-34)43(40,41)28-12-8-5-9-13-28/h4-17,26,29-30,37H,18-23H2,1-3H3,(H,38,39)/t29-,30+/m0/s1/i18D2,19D,21D2,22D2,26D,29D,30D,37D/t19?,26?,29-,30+. The van der Waals surface area contributed by atoms with E-state index in [0.29, 0.717) is 0 Å². The van der Waals surface area contributed by atoms with Gasteiger partial charge in [-0.2, -0.15) is 4.31 Å². The lowest BCUT2D eigenvalue weighted by Gasteiger charge is -2.42. The van der Waals surface area contributed by atoms with Crippen LogP contribution in [0.15, 0.2) is 89.8 Å². The van der Waals surface area contributed by atoms with Gasteiger partial charge in [0.15, 0.2) is 0 Å². The van der Waals surface area contributed by atoms with Crippen LogP contribution in [0.5, 0.6) is 5.75 Å². The van der Waals surface area contributed by atoms with Crippen LogP contribution in [-0.4, -0.2) is 79.3 Å². The third-order valence-electron chi connectivity index (χ3n) is 5.67. The molecule has 0 radical (unpaired) electrons. The topological polar surface area (TPSA) is 107 Å². The lowest BCUT2D eigenvalue weighted by molar-refractivity contribution is -0.000126. The largest absolute Gasteiger partial charge is 0.489 e. The molecular weight excluding hydrogens is 578 g/mol. The van der Waals surface area contributed by atoms with Gasteiger partial charge in [0.05, 0.1) is 34.4 Å². The second-order valence-corrected chi connectivity index (χ2v) is 11.8. The number of halogens is 2.